The minimum Gasteiger partial charge on any atom is -0.497 e. The molecule has 1 aliphatic rings. The van der Waals surface area contributed by atoms with Crippen LogP contribution in [0.3, 0.4) is 0 Å². The number of nitrogens with zero attached hydrogens (tertiary/aromatic N) is 1. The van der Waals surface area contributed by atoms with Crippen LogP contribution >= 0.6 is 0 Å². The van der Waals surface area contributed by atoms with Crippen molar-refractivity contribution < 1.29 is 9.47 Å². The SMILES string of the molecule is COc1ccc2ncc(C3CNCCCO3)cc2c1. The van der Waals surface area contributed by atoms with Crippen LogP contribution in [-0.4, -0.2) is 31.8 Å². The fourth-order valence-electron chi connectivity index (χ4n) is 2.36. The maximum Gasteiger partial charge on any atom is 0.119 e. The van der Waals surface area contributed by atoms with Crippen LogP contribution in [0.4, 0.5) is 0 Å². The minimum absolute atomic E-state index is 0.0885. The van der Waals surface area contributed by atoms with E-state index in [1.54, 1.807) is 7.11 Å². The van der Waals surface area contributed by atoms with Crippen LogP contribution in [0.5, 0.6) is 5.75 Å². The van der Waals surface area contributed by atoms with Crippen LogP contribution in [0.2, 0.25) is 0 Å². The van der Waals surface area contributed by atoms with E-state index in [1.807, 2.05) is 24.4 Å². The smallest absolute Gasteiger partial charge is 0.119 e. The second-order valence-electron chi connectivity index (χ2n) is 4.74. The summed E-state index contributed by atoms with van der Waals surface area (Å²) in [7, 11) is 1.68. The maximum atomic E-state index is 5.86. The molecule has 0 spiro atoms. The van der Waals surface area contributed by atoms with E-state index in [-0.39, 0.29) is 6.10 Å². The van der Waals surface area contributed by atoms with Crippen molar-refractivity contribution in [3.63, 3.8) is 0 Å². The van der Waals surface area contributed by atoms with Gasteiger partial charge in [0.2, 0.25) is 0 Å². The summed E-state index contributed by atoms with van der Waals surface area (Å²) >= 11 is 0. The second-order valence-corrected chi connectivity index (χ2v) is 4.74. The molecule has 0 radical (unpaired) electrons. The average Bonchev–Trinajstić information content (AvgIpc) is 2.75. The van der Waals surface area contributed by atoms with E-state index in [1.165, 1.54) is 0 Å². The molecule has 1 saturated heterocycles. The molecule has 2 aromatic rings. The summed E-state index contributed by atoms with van der Waals surface area (Å²) in [6.07, 6.45) is 3.06. The van der Waals surface area contributed by atoms with Gasteiger partial charge in [0.15, 0.2) is 0 Å². The van der Waals surface area contributed by atoms with Crippen LogP contribution in [0, 0.1) is 0 Å². The molecule has 4 heteroatoms. The Morgan fingerprint density at radius 2 is 2.32 bits per heavy atom. The first-order valence-corrected chi connectivity index (χ1v) is 6.63. The maximum absolute atomic E-state index is 5.86. The van der Waals surface area contributed by atoms with E-state index in [2.05, 4.69) is 16.4 Å². The molecule has 1 aromatic heterocycles. The van der Waals surface area contributed by atoms with Crippen molar-refractivity contribution in [1.82, 2.24) is 10.3 Å². The first-order chi connectivity index (χ1) is 9.36. The van der Waals surface area contributed by atoms with Crippen molar-refractivity contribution in [2.45, 2.75) is 12.5 Å². The molecular formula is C15H18N2O2. The summed E-state index contributed by atoms with van der Waals surface area (Å²) in [6.45, 7) is 2.66. The van der Waals surface area contributed by atoms with E-state index in [0.717, 1.165) is 48.3 Å². The Morgan fingerprint density at radius 1 is 1.37 bits per heavy atom. The monoisotopic (exact) mass is 258 g/mol. The minimum atomic E-state index is 0.0885. The van der Waals surface area contributed by atoms with Crippen molar-refractivity contribution in [3.05, 3.63) is 36.0 Å². The van der Waals surface area contributed by atoms with Crippen LogP contribution in [-0.2, 0) is 4.74 Å². The Balaban J connectivity index is 1.94. The molecule has 100 valence electrons. The molecule has 1 aromatic carbocycles. The van der Waals surface area contributed by atoms with Gasteiger partial charge in [-0.15, -0.1) is 0 Å². The number of nitrogens with one attached hydrogen (secondary N) is 1. The molecule has 19 heavy (non-hydrogen) atoms. The molecule has 1 N–H and O–H groups in total. The fourth-order valence-corrected chi connectivity index (χ4v) is 2.36. The van der Waals surface area contributed by atoms with Crippen LogP contribution in [0.25, 0.3) is 10.9 Å². The number of hydrogen-bond donors (Lipinski definition) is 1. The van der Waals surface area contributed by atoms with Gasteiger partial charge in [0.05, 0.1) is 18.7 Å². The number of fused-ring (bicyclic) bond motifs is 1. The highest BCUT2D eigenvalue weighted by molar-refractivity contribution is 5.80. The third kappa shape index (κ3) is 2.69. The number of benzene rings is 1. The summed E-state index contributed by atoms with van der Waals surface area (Å²) in [6, 6.07) is 8.06. The normalized spacial score (nSPS) is 20.2. The number of pyridine rings is 1. The number of rotatable bonds is 2. The standard InChI is InChI=1S/C15H18N2O2/c1-18-13-3-4-14-11(8-13)7-12(9-17-14)15-10-16-5-2-6-19-15/h3-4,7-9,15-16H,2,5-6,10H2,1H3. The van der Waals surface area contributed by atoms with Gasteiger partial charge < -0.3 is 14.8 Å². The Morgan fingerprint density at radius 3 is 3.21 bits per heavy atom. The summed E-state index contributed by atoms with van der Waals surface area (Å²) in [5, 5.41) is 4.48. The highest BCUT2D eigenvalue weighted by atomic mass is 16.5. The van der Waals surface area contributed by atoms with Gasteiger partial charge in [-0.2, -0.15) is 0 Å². The van der Waals surface area contributed by atoms with Crippen LogP contribution in [0.15, 0.2) is 30.5 Å². The molecular weight excluding hydrogens is 240 g/mol. The third-order valence-corrected chi connectivity index (χ3v) is 3.43. The first-order valence-electron chi connectivity index (χ1n) is 6.63. The number of aromatic nitrogens is 1. The topological polar surface area (TPSA) is 43.4 Å². The Kier molecular flexibility index (Phi) is 3.62. The number of hydrogen-bond acceptors (Lipinski definition) is 4. The highest BCUT2D eigenvalue weighted by Crippen LogP contribution is 2.24. The van der Waals surface area contributed by atoms with Gasteiger partial charge in [-0.3, -0.25) is 4.98 Å². The zero-order valence-electron chi connectivity index (χ0n) is 11.1. The molecule has 0 saturated carbocycles. The summed E-state index contributed by atoms with van der Waals surface area (Å²) in [5.41, 5.74) is 2.10. The molecule has 2 heterocycles. The van der Waals surface area contributed by atoms with Crippen LogP contribution in [0.1, 0.15) is 18.1 Å². The van der Waals surface area contributed by atoms with Crippen molar-refractivity contribution in [2.75, 3.05) is 26.8 Å². The van der Waals surface area contributed by atoms with E-state index >= 15 is 0 Å². The predicted octanol–water partition coefficient (Wildman–Crippen LogP) is 2.29. The lowest BCUT2D eigenvalue weighted by molar-refractivity contribution is 0.0668. The van der Waals surface area contributed by atoms with Gasteiger partial charge in [-0.1, -0.05) is 0 Å². The Labute approximate surface area is 112 Å². The van der Waals surface area contributed by atoms with Gasteiger partial charge in [0.1, 0.15) is 5.75 Å². The number of ether oxygens (including phenoxy) is 2. The largest absolute Gasteiger partial charge is 0.497 e. The van der Waals surface area contributed by atoms with Crippen molar-refractivity contribution >= 4 is 10.9 Å². The van der Waals surface area contributed by atoms with Gasteiger partial charge in [0, 0.05) is 30.3 Å². The average molecular weight is 258 g/mol. The van der Waals surface area contributed by atoms with Crippen molar-refractivity contribution in [1.29, 1.82) is 0 Å². The van der Waals surface area contributed by atoms with Gasteiger partial charge in [0.25, 0.3) is 0 Å². The van der Waals surface area contributed by atoms with Crippen LogP contribution < -0.4 is 10.1 Å². The molecule has 0 amide bonds. The lowest BCUT2D eigenvalue weighted by Crippen LogP contribution is -2.20. The van der Waals surface area contributed by atoms with Gasteiger partial charge in [-0.05, 0) is 37.2 Å². The zero-order valence-corrected chi connectivity index (χ0v) is 11.1. The Bertz CT molecular complexity index is 563. The lowest BCUT2D eigenvalue weighted by atomic mass is 10.1. The van der Waals surface area contributed by atoms with E-state index < -0.39 is 0 Å². The van der Waals surface area contributed by atoms with Crippen molar-refractivity contribution in [3.8, 4) is 5.75 Å². The quantitative estimate of drug-likeness (QED) is 0.897. The van der Waals surface area contributed by atoms with Crippen molar-refractivity contribution in [2.24, 2.45) is 0 Å². The molecule has 1 fully saturated rings. The number of methoxy groups -OCH3 is 1. The van der Waals surface area contributed by atoms with E-state index in [9.17, 15) is 0 Å². The van der Waals surface area contributed by atoms with Gasteiger partial charge in [-0.25, -0.2) is 0 Å². The fraction of sp³-hybridized carbons (Fsp3) is 0.400. The summed E-state index contributed by atoms with van der Waals surface area (Å²) in [5.74, 6) is 0.853. The predicted molar refractivity (Wildman–Crippen MR) is 74.5 cm³/mol. The molecule has 1 aliphatic heterocycles. The lowest BCUT2D eigenvalue weighted by Gasteiger charge is -2.15. The first kappa shape index (κ1) is 12.4. The second kappa shape index (κ2) is 5.55. The molecule has 3 rings (SSSR count). The van der Waals surface area contributed by atoms with E-state index in [4.69, 9.17) is 9.47 Å². The third-order valence-electron chi connectivity index (χ3n) is 3.43. The van der Waals surface area contributed by atoms with E-state index in [0.29, 0.717) is 0 Å². The molecule has 4 nitrogen and oxygen atoms in total. The highest BCUT2D eigenvalue weighted by Gasteiger charge is 2.15. The zero-order chi connectivity index (χ0) is 13.1. The molecule has 0 aliphatic carbocycles. The summed E-state index contributed by atoms with van der Waals surface area (Å²) in [4.78, 5) is 4.50. The molecule has 1 atom stereocenters. The Hall–Kier alpha value is -1.65. The summed E-state index contributed by atoms with van der Waals surface area (Å²) < 4.78 is 11.1. The molecule has 0 bridgehead atoms. The molecule has 1 unspecified atom stereocenters. The van der Waals surface area contributed by atoms with Gasteiger partial charge >= 0.3 is 0 Å².